The molecule has 2 N–H and O–H groups in total. The van der Waals surface area contributed by atoms with Crippen LogP contribution in [0, 0.1) is 11.8 Å². The molecule has 0 saturated heterocycles. The number of aliphatic hydroxyl groups is 1. The number of aliphatic hydroxyl groups excluding tert-OH is 1. The van der Waals surface area contributed by atoms with Crippen molar-refractivity contribution in [3.8, 4) is 11.8 Å². The number of hydrogen-bond acceptors (Lipinski definition) is 4. The van der Waals surface area contributed by atoms with Gasteiger partial charge in [-0.2, -0.15) is 5.10 Å². The molecule has 1 amide bonds. The molecule has 0 fully saturated rings. The first-order valence-corrected chi connectivity index (χ1v) is 9.19. The molecule has 1 aromatic carbocycles. The predicted octanol–water partition coefficient (Wildman–Crippen LogP) is 2.53. The molecular weight excluding hydrogens is 352 g/mol. The van der Waals surface area contributed by atoms with Crippen LogP contribution in [-0.4, -0.2) is 32.4 Å². The van der Waals surface area contributed by atoms with Crippen LogP contribution in [0.2, 0.25) is 0 Å². The third kappa shape index (κ3) is 3.80. The Bertz CT molecular complexity index is 1030. The monoisotopic (exact) mass is 372 g/mol. The van der Waals surface area contributed by atoms with Crippen LogP contribution in [0.3, 0.4) is 0 Å². The number of fused-ring (bicyclic) bond motifs is 1. The van der Waals surface area contributed by atoms with Crippen LogP contribution in [0.5, 0.6) is 0 Å². The molecule has 0 saturated carbocycles. The molecule has 6 nitrogen and oxygen atoms in total. The van der Waals surface area contributed by atoms with Crippen LogP contribution >= 0.6 is 0 Å². The highest BCUT2D eigenvalue weighted by Gasteiger charge is 2.29. The van der Waals surface area contributed by atoms with Crippen molar-refractivity contribution in [1.29, 1.82) is 0 Å². The number of anilines is 1. The molecule has 140 valence electrons. The van der Waals surface area contributed by atoms with Gasteiger partial charge in [0.2, 0.25) is 5.91 Å². The molecule has 1 atom stereocenters. The second-order valence-corrected chi connectivity index (χ2v) is 6.67. The molecule has 0 spiro atoms. The quantitative estimate of drug-likeness (QED) is 0.690. The Morgan fingerprint density at radius 3 is 2.82 bits per heavy atom. The maximum absolute atomic E-state index is 12.3. The average Bonchev–Trinajstić information content (AvgIpc) is 3.11. The van der Waals surface area contributed by atoms with E-state index < -0.39 is 0 Å². The lowest BCUT2D eigenvalue weighted by Gasteiger charge is -2.24. The molecule has 0 aliphatic carbocycles. The Morgan fingerprint density at radius 1 is 1.21 bits per heavy atom. The number of nitrogens with one attached hydrogen (secondary N) is 1. The number of carbonyl (C=O) groups excluding carboxylic acids is 1. The fourth-order valence-electron chi connectivity index (χ4n) is 3.37. The number of pyridine rings is 1. The number of nitrogens with zero attached hydrogens (tertiary/aromatic N) is 3. The minimum absolute atomic E-state index is 0.0164. The fourth-order valence-corrected chi connectivity index (χ4v) is 3.37. The summed E-state index contributed by atoms with van der Waals surface area (Å²) in [6.45, 7) is 0.615. The van der Waals surface area contributed by atoms with Gasteiger partial charge < -0.3 is 10.4 Å². The number of carbonyl (C=O) groups is 1. The lowest BCUT2D eigenvalue weighted by atomic mass is 9.87. The third-order valence-corrected chi connectivity index (χ3v) is 4.73. The molecule has 2 aromatic heterocycles. The Kier molecular flexibility index (Phi) is 5.18. The fraction of sp³-hybridized carbons (Fsp3) is 0.227. The largest absolute Gasteiger partial charge is 0.395 e. The number of amides is 1. The summed E-state index contributed by atoms with van der Waals surface area (Å²) in [5.41, 5.74) is 3.99. The SMILES string of the molecule is O=C1CC(c2ccc(C#CCCO)cc2)c2cnn(Cc3cccnc3)c2N1. The summed E-state index contributed by atoms with van der Waals surface area (Å²) in [6, 6.07) is 11.8. The highest BCUT2D eigenvalue weighted by molar-refractivity contribution is 5.94. The van der Waals surface area contributed by atoms with E-state index in [9.17, 15) is 4.79 Å². The lowest BCUT2D eigenvalue weighted by Crippen LogP contribution is -2.25. The van der Waals surface area contributed by atoms with Crippen molar-refractivity contribution in [2.45, 2.75) is 25.3 Å². The summed E-state index contributed by atoms with van der Waals surface area (Å²) >= 11 is 0. The molecule has 1 unspecified atom stereocenters. The molecule has 28 heavy (non-hydrogen) atoms. The molecular formula is C22H20N4O2. The lowest BCUT2D eigenvalue weighted by molar-refractivity contribution is -0.116. The first-order valence-electron chi connectivity index (χ1n) is 9.19. The zero-order valence-electron chi connectivity index (χ0n) is 15.3. The van der Waals surface area contributed by atoms with E-state index in [1.165, 1.54) is 0 Å². The Labute approximate surface area is 163 Å². The van der Waals surface area contributed by atoms with Crippen molar-refractivity contribution in [1.82, 2.24) is 14.8 Å². The van der Waals surface area contributed by atoms with Gasteiger partial charge in [-0.25, -0.2) is 4.68 Å². The van der Waals surface area contributed by atoms with Crippen molar-refractivity contribution >= 4 is 11.7 Å². The molecule has 1 aliphatic rings. The molecule has 6 heteroatoms. The van der Waals surface area contributed by atoms with E-state index in [-0.39, 0.29) is 18.4 Å². The number of rotatable bonds is 4. The van der Waals surface area contributed by atoms with E-state index in [0.717, 1.165) is 28.1 Å². The van der Waals surface area contributed by atoms with Crippen LogP contribution in [-0.2, 0) is 11.3 Å². The smallest absolute Gasteiger partial charge is 0.226 e. The van der Waals surface area contributed by atoms with Gasteiger partial charge in [-0.15, -0.1) is 0 Å². The summed E-state index contributed by atoms with van der Waals surface area (Å²) in [6.07, 6.45) is 6.22. The zero-order chi connectivity index (χ0) is 19.3. The van der Waals surface area contributed by atoms with E-state index in [0.29, 0.717) is 19.4 Å². The summed E-state index contributed by atoms with van der Waals surface area (Å²) < 4.78 is 1.81. The maximum atomic E-state index is 12.3. The van der Waals surface area contributed by atoms with Gasteiger partial charge in [0.1, 0.15) is 5.82 Å². The van der Waals surface area contributed by atoms with Crippen LogP contribution in [0.25, 0.3) is 0 Å². The number of aromatic nitrogens is 3. The van der Waals surface area contributed by atoms with E-state index in [1.54, 1.807) is 12.4 Å². The minimum atomic E-state index is -0.0363. The molecule has 4 rings (SSSR count). The second kappa shape index (κ2) is 8.07. The maximum Gasteiger partial charge on any atom is 0.226 e. The molecule has 0 radical (unpaired) electrons. The van der Waals surface area contributed by atoms with E-state index in [1.807, 2.05) is 47.3 Å². The van der Waals surface area contributed by atoms with Crippen molar-refractivity contribution < 1.29 is 9.90 Å². The van der Waals surface area contributed by atoms with Crippen LogP contribution in [0.4, 0.5) is 5.82 Å². The minimum Gasteiger partial charge on any atom is -0.395 e. The van der Waals surface area contributed by atoms with Crippen molar-refractivity contribution in [2.24, 2.45) is 0 Å². The second-order valence-electron chi connectivity index (χ2n) is 6.67. The molecule has 0 bridgehead atoms. The summed E-state index contributed by atoms with van der Waals surface area (Å²) in [5, 5.41) is 16.3. The van der Waals surface area contributed by atoms with E-state index in [4.69, 9.17) is 5.11 Å². The van der Waals surface area contributed by atoms with E-state index in [2.05, 4.69) is 27.2 Å². The standard InChI is InChI=1S/C22H20N4O2/c27-11-2-1-4-16-6-8-18(9-7-16)19-12-21(28)25-22-20(19)14-24-26(22)15-17-5-3-10-23-13-17/h3,5-10,13-14,19,27H,2,11-12,15H2,(H,25,28). The normalized spacial score (nSPS) is 15.3. The first kappa shape index (κ1) is 18.0. The van der Waals surface area contributed by atoms with Crippen molar-refractivity contribution in [3.63, 3.8) is 0 Å². The Balaban J connectivity index is 1.61. The average molecular weight is 372 g/mol. The highest BCUT2D eigenvalue weighted by atomic mass is 16.2. The van der Waals surface area contributed by atoms with Crippen LogP contribution in [0.1, 0.15) is 41.0 Å². The summed E-state index contributed by atoms with van der Waals surface area (Å²) in [5.74, 6) is 6.63. The number of hydrogen-bond donors (Lipinski definition) is 2. The highest BCUT2D eigenvalue weighted by Crippen LogP contribution is 2.37. The summed E-state index contributed by atoms with van der Waals surface area (Å²) in [7, 11) is 0. The Hall–Kier alpha value is -3.43. The van der Waals surface area contributed by atoms with Gasteiger partial charge in [-0.1, -0.05) is 30.0 Å². The van der Waals surface area contributed by atoms with Gasteiger partial charge >= 0.3 is 0 Å². The van der Waals surface area contributed by atoms with Gasteiger partial charge in [0, 0.05) is 42.3 Å². The number of benzene rings is 1. The van der Waals surface area contributed by atoms with E-state index >= 15 is 0 Å². The van der Waals surface area contributed by atoms with Gasteiger partial charge in [-0.05, 0) is 29.3 Å². The molecule has 3 aromatic rings. The van der Waals surface area contributed by atoms with Crippen LogP contribution < -0.4 is 5.32 Å². The first-order chi connectivity index (χ1) is 13.7. The van der Waals surface area contributed by atoms with Gasteiger partial charge in [-0.3, -0.25) is 9.78 Å². The zero-order valence-corrected chi connectivity index (χ0v) is 15.3. The van der Waals surface area contributed by atoms with Gasteiger partial charge in [0.15, 0.2) is 0 Å². The summed E-state index contributed by atoms with van der Waals surface area (Å²) in [4.78, 5) is 16.5. The Morgan fingerprint density at radius 2 is 2.07 bits per heavy atom. The van der Waals surface area contributed by atoms with Gasteiger partial charge in [0.25, 0.3) is 0 Å². The third-order valence-electron chi connectivity index (χ3n) is 4.73. The molecule has 3 heterocycles. The topological polar surface area (TPSA) is 80.0 Å². The van der Waals surface area contributed by atoms with Crippen LogP contribution in [0.15, 0.2) is 55.0 Å². The van der Waals surface area contributed by atoms with Gasteiger partial charge in [0.05, 0.1) is 19.3 Å². The van der Waals surface area contributed by atoms with Crippen molar-refractivity contribution in [3.05, 3.63) is 77.2 Å². The van der Waals surface area contributed by atoms with Crippen molar-refractivity contribution in [2.75, 3.05) is 11.9 Å². The predicted molar refractivity (Wildman–Crippen MR) is 106 cm³/mol. The molecule has 1 aliphatic heterocycles.